The third-order valence-electron chi connectivity index (χ3n) is 4.10. The Morgan fingerprint density at radius 3 is 2.40 bits per heavy atom. The molecular formula is C14H23N3O2S. The average molecular weight is 297 g/mol. The second-order valence-electron chi connectivity index (χ2n) is 5.74. The molecule has 1 aromatic rings. The zero-order valence-corrected chi connectivity index (χ0v) is 13.4. The van der Waals surface area contributed by atoms with Gasteiger partial charge in [-0.25, -0.2) is 8.42 Å². The van der Waals surface area contributed by atoms with Crippen molar-refractivity contribution in [3.63, 3.8) is 0 Å². The van der Waals surface area contributed by atoms with E-state index in [9.17, 15) is 8.42 Å². The summed E-state index contributed by atoms with van der Waals surface area (Å²) in [6, 6.07) is 3.70. The van der Waals surface area contributed by atoms with Crippen molar-refractivity contribution in [1.82, 2.24) is 9.21 Å². The second-order valence-corrected chi connectivity index (χ2v) is 7.65. The van der Waals surface area contributed by atoms with Crippen molar-refractivity contribution < 1.29 is 8.42 Å². The molecule has 1 aliphatic rings. The normalized spacial score (nSPS) is 20.8. The summed E-state index contributed by atoms with van der Waals surface area (Å²) in [6.07, 6.45) is 0.858. The van der Waals surface area contributed by atoms with E-state index >= 15 is 0 Å². The summed E-state index contributed by atoms with van der Waals surface area (Å²) in [6.45, 7) is 4.92. The predicted molar refractivity (Wildman–Crippen MR) is 81.2 cm³/mol. The molecule has 5 nitrogen and oxygen atoms in total. The third-order valence-corrected chi connectivity index (χ3v) is 6.02. The Hall–Kier alpha value is -1.11. The van der Waals surface area contributed by atoms with E-state index < -0.39 is 10.0 Å². The first-order valence-corrected chi connectivity index (χ1v) is 8.21. The lowest BCUT2D eigenvalue weighted by atomic mass is 10.1. The highest BCUT2D eigenvalue weighted by molar-refractivity contribution is 7.89. The Balaban J connectivity index is 2.35. The molecule has 0 spiro atoms. The summed E-state index contributed by atoms with van der Waals surface area (Å²) in [4.78, 5) is 2.30. The number of likely N-dealkylation sites (N-methyl/N-ethyl adjacent to an activating group) is 1. The summed E-state index contributed by atoms with van der Waals surface area (Å²) in [7, 11) is 0.461. The minimum Gasteiger partial charge on any atom is -0.398 e. The Labute approximate surface area is 121 Å². The number of nitrogen functional groups attached to an aromatic ring is 1. The lowest BCUT2D eigenvalue weighted by Crippen LogP contribution is -2.34. The monoisotopic (exact) mass is 297 g/mol. The van der Waals surface area contributed by atoms with Gasteiger partial charge >= 0.3 is 0 Å². The van der Waals surface area contributed by atoms with Crippen molar-refractivity contribution in [1.29, 1.82) is 0 Å². The van der Waals surface area contributed by atoms with Gasteiger partial charge in [0.15, 0.2) is 0 Å². The molecule has 1 atom stereocenters. The predicted octanol–water partition coefficient (Wildman–Crippen LogP) is 1.21. The van der Waals surface area contributed by atoms with E-state index in [2.05, 4.69) is 4.90 Å². The van der Waals surface area contributed by atoms with Gasteiger partial charge in [0.05, 0.1) is 5.69 Å². The molecule has 0 amide bonds. The van der Waals surface area contributed by atoms with E-state index in [1.807, 2.05) is 27.9 Å². The zero-order valence-electron chi connectivity index (χ0n) is 12.5. The summed E-state index contributed by atoms with van der Waals surface area (Å²) in [5.41, 5.74) is 8.21. The fraction of sp³-hybridized carbons (Fsp3) is 0.571. The number of rotatable bonds is 3. The van der Waals surface area contributed by atoms with Crippen molar-refractivity contribution in [3.8, 4) is 0 Å². The van der Waals surface area contributed by atoms with E-state index in [1.54, 1.807) is 12.1 Å². The van der Waals surface area contributed by atoms with Crippen LogP contribution in [0.2, 0.25) is 0 Å². The fourth-order valence-corrected chi connectivity index (χ4v) is 4.20. The molecule has 0 saturated carbocycles. The van der Waals surface area contributed by atoms with Gasteiger partial charge in [-0.3, -0.25) is 0 Å². The lowest BCUT2D eigenvalue weighted by molar-refractivity contribution is 0.302. The molecule has 112 valence electrons. The van der Waals surface area contributed by atoms with Crippen LogP contribution < -0.4 is 5.73 Å². The van der Waals surface area contributed by atoms with E-state index in [0.717, 1.165) is 17.5 Å². The van der Waals surface area contributed by atoms with Crippen LogP contribution in [-0.4, -0.2) is 50.8 Å². The summed E-state index contributed by atoms with van der Waals surface area (Å²) >= 11 is 0. The molecule has 1 saturated heterocycles. The molecule has 1 fully saturated rings. The van der Waals surface area contributed by atoms with E-state index in [0.29, 0.717) is 18.8 Å². The van der Waals surface area contributed by atoms with Gasteiger partial charge < -0.3 is 10.6 Å². The van der Waals surface area contributed by atoms with Crippen LogP contribution in [-0.2, 0) is 10.0 Å². The molecule has 0 aromatic heterocycles. The van der Waals surface area contributed by atoms with Crippen LogP contribution in [0.25, 0.3) is 0 Å². The SMILES string of the molecule is Cc1cc(N)c(S(=O)(=O)N2CCC(N(C)C)C2)cc1C. The standard InChI is InChI=1S/C14H23N3O2S/c1-10-7-13(15)14(8-11(10)2)20(18,19)17-6-5-12(9-17)16(3)4/h7-8,12H,5-6,9,15H2,1-4H3. The van der Waals surface area contributed by atoms with Gasteiger partial charge in [0, 0.05) is 19.1 Å². The van der Waals surface area contributed by atoms with Crippen LogP contribution in [0, 0.1) is 13.8 Å². The fourth-order valence-electron chi connectivity index (χ4n) is 2.52. The number of benzene rings is 1. The molecule has 0 radical (unpaired) electrons. The number of sulfonamides is 1. The molecule has 1 aliphatic heterocycles. The Kier molecular flexibility index (Phi) is 4.09. The Morgan fingerprint density at radius 2 is 1.85 bits per heavy atom. The third kappa shape index (κ3) is 2.68. The van der Waals surface area contributed by atoms with Gasteiger partial charge in [-0.2, -0.15) is 4.31 Å². The largest absolute Gasteiger partial charge is 0.398 e. The maximum Gasteiger partial charge on any atom is 0.245 e. The highest BCUT2D eigenvalue weighted by Crippen LogP contribution is 2.28. The van der Waals surface area contributed by atoms with Crippen LogP contribution >= 0.6 is 0 Å². The summed E-state index contributed by atoms with van der Waals surface area (Å²) in [5, 5.41) is 0. The molecule has 0 aliphatic carbocycles. The molecule has 2 rings (SSSR count). The van der Waals surface area contributed by atoms with Gasteiger partial charge in [-0.15, -0.1) is 0 Å². The number of aryl methyl sites for hydroxylation is 2. The first-order chi connectivity index (χ1) is 9.23. The van der Waals surface area contributed by atoms with Gasteiger partial charge in [-0.05, 0) is 57.6 Å². The molecule has 2 N–H and O–H groups in total. The van der Waals surface area contributed by atoms with Gasteiger partial charge in [0.25, 0.3) is 0 Å². The number of nitrogens with two attached hydrogens (primary N) is 1. The van der Waals surface area contributed by atoms with E-state index in [4.69, 9.17) is 5.73 Å². The quantitative estimate of drug-likeness (QED) is 0.852. The van der Waals surface area contributed by atoms with Crippen molar-refractivity contribution in [3.05, 3.63) is 23.3 Å². The van der Waals surface area contributed by atoms with Crippen molar-refractivity contribution in [2.45, 2.75) is 31.2 Å². The lowest BCUT2D eigenvalue weighted by Gasteiger charge is -2.21. The Bertz CT molecular complexity index is 611. The molecule has 6 heteroatoms. The van der Waals surface area contributed by atoms with Gasteiger partial charge in [0.1, 0.15) is 4.90 Å². The van der Waals surface area contributed by atoms with Crippen molar-refractivity contribution >= 4 is 15.7 Å². The summed E-state index contributed by atoms with van der Waals surface area (Å²) < 4.78 is 27.0. The minimum atomic E-state index is -3.49. The maximum atomic E-state index is 12.7. The molecule has 1 aromatic carbocycles. The zero-order chi connectivity index (χ0) is 15.1. The smallest absolute Gasteiger partial charge is 0.245 e. The molecular weight excluding hydrogens is 274 g/mol. The topological polar surface area (TPSA) is 66.6 Å². The van der Waals surface area contributed by atoms with Crippen LogP contribution in [0.4, 0.5) is 5.69 Å². The van der Waals surface area contributed by atoms with E-state index in [-0.39, 0.29) is 10.9 Å². The summed E-state index contributed by atoms with van der Waals surface area (Å²) in [5.74, 6) is 0. The highest BCUT2D eigenvalue weighted by Gasteiger charge is 2.34. The molecule has 0 bridgehead atoms. The molecule has 20 heavy (non-hydrogen) atoms. The second kappa shape index (κ2) is 5.35. The minimum absolute atomic E-state index is 0.236. The first kappa shape index (κ1) is 15.3. The van der Waals surface area contributed by atoms with Gasteiger partial charge in [0.2, 0.25) is 10.0 Å². The van der Waals surface area contributed by atoms with Crippen LogP contribution in [0.3, 0.4) is 0 Å². The van der Waals surface area contributed by atoms with Gasteiger partial charge in [-0.1, -0.05) is 0 Å². The Morgan fingerprint density at radius 1 is 1.25 bits per heavy atom. The maximum absolute atomic E-state index is 12.7. The average Bonchev–Trinajstić information content (AvgIpc) is 2.83. The van der Waals surface area contributed by atoms with Crippen LogP contribution in [0.15, 0.2) is 17.0 Å². The number of nitrogens with zero attached hydrogens (tertiary/aromatic N) is 2. The number of hydrogen-bond acceptors (Lipinski definition) is 4. The molecule has 1 unspecified atom stereocenters. The highest BCUT2D eigenvalue weighted by atomic mass is 32.2. The number of hydrogen-bond donors (Lipinski definition) is 1. The van der Waals surface area contributed by atoms with Crippen LogP contribution in [0.1, 0.15) is 17.5 Å². The van der Waals surface area contributed by atoms with Crippen molar-refractivity contribution in [2.24, 2.45) is 0 Å². The van der Waals surface area contributed by atoms with Crippen LogP contribution in [0.5, 0.6) is 0 Å². The molecule has 1 heterocycles. The number of anilines is 1. The van der Waals surface area contributed by atoms with E-state index in [1.165, 1.54) is 4.31 Å². The van der Waals surface area contributed by atoms with Crippen molar-refractivity contribution in [2.75, 3.05) is 32.9 Å². The first-order valence-electron chi connectivity index (χ1n) is 6.76.